The molecule has 0 saturated carbocycles. The van der Waals surface area contributed by atoms with Crippen LogP contribution in [0.4, 0.5) is 0 Å². The van der Waals surface area contributed by atoms with E-state index in [0.717, 1.165) is 4.91 Å². The molecule has 28 heavy (non-hydrogen) atoms. The summed E-state index contributed by atoms with van der Waals surface area (Å²) >= 11 is 5.40. The maximum absolute atomic E-state index is 12.4. The van der Waals surface area contributed by atoms with E-state index >= 15 is 0 Å². The fraction of sp³-hybridized carbons (Fsp3) is 0.450. The molecule has 1 aromatic rings. The molecule has 1 saturated heterocycles. The maximum atomic E-state index is 12.4. The van der Waals surface area contributed by atoms with Crippen molar-refractivity contribution in [3.05, 3.63) is 46.5 Å². The highest BCUT2D eigenvalue weighted by atomic mass is 32.2. The SMILES string of the molecule is CC[C@H](O)[C@@H]1C(=O)N2C(C(=O)S)=C(CCN(C)CC(=O)c3ccccc3)S[C@H]12. The van der Waals surface area contributed by atoms with Gasteiger partial charge in [-0.15, -0.1) is 11.8 Å². The van der Waals surface area contributed by atoms with Gasteiger partial charge >= 0.3 is 0 Å². The number of Topliss-reactive ketones (excluding diaryl/α,β-unsaturated/α-hetero) is 1. The van der Waals surface area contributed by atoms with Crippen molar-refractivity contribution in [3.8, 4) is 0 Å². The summed E-state index contributed by atoms with van der Waals surface area (Å²) in [4.78, 5) is 40.9. The lowest BCUT2D eigenvalue weighted by molar-refractivity contribution is -0.154. The van der Waals surface area contributed by atoms with Crippen LogP contribution in [0.25, 0.3) is 0 Å². The van der Waals surface area contributed by atoms with Crippen molar-refractivity contribution in [1.82, 2.24) is 9.80 Å². The van der Waals surface area contributed by atoms with Gasteiger partial charge in [0.2, 0.25) is 11.0 Å². The Hall–Kier alpha value is -1.61. The Morgan fingerprint density at radius 3 is 2.61 bits per heavy atom. The normalized spacial score (nSPS) is 22.3. The number of aliphatic hydroxyl groups is 1. The molecule has 150 valence electrons. The van der Waals surface area contributed by atoms with E-state index < -0.39 is 17.1 Å². The average molecular weight is 421 g/mol. The average Bonchev–Trinajstić information content (AvgIpc) is 3.01. The standard InChI is InChI=1S/C20H24N2O4S2/c1-3-13(23)16-18(25)22-17(20(26)27)15(28-19(16)22)9-10-21(2)11-14(24)12-7-5-4-6-8-12/h4-8,13,16,19,23H,3,9-11H2,1-2H3,(H,26,27)/t13-,16+,19+/m0/s1. The minimum absolute atomic E-state index is 0.0341. The van der Waals surface area contributed by atoms with Crippen molar-refractivity contribution in [2.75, 3.05) is 20.1 Å². The molecule has 1 fully saturated rings. The zero-order chi connectivity index (χ0) is 20.4. The summed E-state index contributed by atoms with van der Waals surface area (Å²) in [5.74, 6) is -0.661. The lowest BCUT2D eigenvalue weighted by atomic mass is 9.90. The third kappa shape index (κ3) is 4.05. The van der Waals surface area contributed by atoms with E-state index in [2.05, 4.69) is 12.6 Å². The topological polar surface area (TPSA) is 77.9 Å². The van der Waals surface area contributed by atoms with E-state index in [1.807, 2.05) is 37.1 Å². The number of β-lactam (4-membered cyclic amide) rings is 1. The van der Waals surface area contributed by atoms with Gasteiger partial charge in [0.1, 0.15) is 11.1 Å². The highest BCUT2D eigenvalue weighted by Crippen LogP contribution is 2.51. The summed E-state index contributed by atoms with van der Waals surface area (Å²) < 4.78 is 0. The van der Waals surface area contributed by atoms with Crippen LogP contribution in [0.15, 0.2) is 40.9 Å². The van der Waals surface area contributed by atoms with Crippen molar-refractivity contribution in [1.29, 1.82) is 0 Å². The second kappa shape index (κ2) is 8.82. The molecule has 2 aliphatic heterocycles. The van der Waals surface area contributed by atoms with Crippen LogP contribution >= 0.6 is 24.4 Å². The monoisotopic (exact) mass is 420 g/mol. The van der Waals surface area contributed by atoms with Gasteiger partial charge in [0, 0.05) is 17.0 Å². The van der Waals surface area contributed by atoms with Gasteiger partial charge in [-0.2, -0.15) is 0 Å². The minimum atomic E-state index is -0.706. The molecule has 3 atom stereocenters. The van der Waals surface area contributed by atoms with Crippen LogP contribution < -0.4 is 0 Å². The van der Waals surface area contributed by atoms with Gasteiger partial charge in [-0.1, -0.05) is 49.9 Å². The zero-order valence-electron chi connectivity index (χ0n) is 15.9. The lowest BCUT2D eigenvalue weighted by Crippen LogP contribution is -2.61. The fourth-order valence-corrected chi connectivity index (χ4v) is 5.41. The number of rotatable bonds is 9. The summed E-state index contributed by atoms with van der Waals surface area (Å²) in [7, 11) is 1.85. The molecule has 8 heteroatoms. The molecule has 6 nitrogen and oxygen atoms in total. The Kier molecular flexibility index (Phi) is 6.65. The van der Waals surface area contributed by atoms with Gasteiger partial charge in [-0.3, -0.25) is 24.2 Å². The molecule has 0 aromatic heterocycles. The molecule has 1 aromatic carbocycles. The van der Waals surface area contributed by atoms with E-state index in [0.29, 0.717) is 30.6 Å². The highest BCUT2D eigenvalue weighted by Gasteiger charge is 2.57. The molecule has 0 radical (unpaired) electrons. The Morgan fingerprint density at radius 2 is 2.00 bits per heavy atom. The van der Waals surface area contributed by atoms with E-state index in [9.17, 15) is 19.5 Å². The van der Waals surface area contributed by atoms with Crippen molar-refractivity contribution < 1.29 is 19.5 Å². The highest BCUT2D eigenvalue weighted by molar-refractivity contribution is 8.04. The molecular formula is C20H24N2O4S2. The predicted molar refractivity (Wildman–Crippen MR) is 112 cm³/mol. The van der Waals surface area contributed by atoms with Crippen LogP contribution in [0.3, 0.4) is 0 Å². The number of fused-ring (bicyclic) bond motifs is 1. The van der Waals surface area contributed by atoms with Gasteiger partial charge in [0.15, 0.2) is 5.78 Å². The first kappa shape index (κ1) is 21.1. The van der Waals surface area contributed by atoms with Gasteiger partial charge in [0.25, 0.3) is 0 Å². The van der Waals surface area contributed by atoms with Gasteiger partial charge < -0.3 is 5.11 Å². The Morgan fingerprint density at radius 1 is 1.32 bits per heavy atom. The molecule has 0 spiro atoms. The molecule has 2 aliphatic rings. The van der Waals surface area contributed by atoms with Crippen LogP contribution in [0.1, 0.15) is 30.1 Å². The summed E-state index contributed by atoms with van der Waals surface area (Å²) in [5.41, 5.74) is 0.992. The first-order valence-electron chi connectivity index (χ1n) is 9.26. The summed E-state index contributed by atoms with van der Waals surface area (Å²) in [5, 5.41) is 9.43. The molecule has 3 rings (SSSR count). The number of ketones is 1. The number of hydrogen-bond donors (Lipinski definition) is 2. The smallest absolute Gasteiger partial charge is 0.236 e. The van der Waals surface area contributed by atoms with Crippen molar-refractivity contribution in [3.63, 3.8) is 0 Å². The third-order valence-corrected chi connectivity index (χ3v) is 6.76. The number of thioether (sulfide) groups is 1. The van der Waals surface area contributed by atoms with Crippen molar-refractivity contribution in [2.24, 2.45) is 5.92 Å². The van der Waals surface area contributed by atoms with Gasteiger partial charge in [-0.05, 0) is 19.9 Å². The Labute approximate surface area is 174 Å². The van der Waals surface area contributed by atoms with Crippen LogP contribution in [-0.4, -0.2) is 63.3 Å². The molecule has 0 bridgehead atoms. The Balaban J connectivity index is 1.63. The maximum Gasteiger partial charge on any atom is 0.236 e. The number of hydrogen-bond acceptors (Lipinski definition) is 6. The molecule has 1 amide bonds. The summed E-state index contributed by atoms with van der Waals surface area (Å²) in [6, 6.07) is 9.12. The first-order chi connectivity index (χ1) is 13.3. The zero-order valence-corrected chi connectivity index (χ0v) is 17.6. The minimum Gasteiger partial charge on any atom is -0.392 e. The first-order valence-corrected chi connectivity index (χ1v) is 10.6. The number of aliphatic hydroxyl groups excluding tert-OH is 1. The quantitative estimate of drug-likeness (QED) is 0.362. The van der Waals surface area contributed by atoms with Crippen LogP contribution in [0.2, 0.25) is 0 Å². The Bertz CT molecular complexity index is 812. The molecule has 2 heterocycles. The number of thiol groups is 1. The van der Waals surface area contributed by atoms with E-state index in [-0.39, 0.29) is 23.6 Å². The number of carbonyl (C=O) groups excluding carboxylic acids is 3. The second-order valence-electron chi connectivity index (χ2n) is 7.07. The predicted octanol–water partition coefficient (Wildman–Crippen LogP) is 2.16. The fourth-order valence-electron chi connectivity index (χ4n) is 3.53. The van der Waals surface area contributed by atoms with E-state index in [1.54, 1.807) is 12.1 Å². The van der Waals surface area contributed by atoms with E-state index in [4.69, 9.17) is 0 Å². The lowest BCUT2D eigenvalue weighted by Gasteiger charge is -2.44. The van der Waals surface area contributed by atoms with Crippen molar-refractivity contribution >= 4 is 41.2 Å². The molecule has 0 aliphatic carbocycles. The molecular weight excluding hydrogens is 396 g/mol. The van der Waals surface area contributed by atoms with Crippen LogP contribution in [0, 0.1) is 5.92 Å². The number of benzene rings is 1. The van der Waals surface area contributed by atoms with Gasteiger partial charge in [0.05, 0.1) is 18.6 Å². The van der Waals surface area contributed by atoms with E-state index in [1.165, 1.54) is 16.7 Å². The number of nitrogens with zero attached hydrogens (tertiary/aromatic N) is 2. The summed E-state index contributed by atoms with van der Waals surface area (Å²) in [6.07, 6.45) is 0.327. The molecule has 1 N–H and O–H groups in total. The van der Waals surface area contributed by atoms with Crippen LogP contribution in [0.5, 0.6) is 0 Å². The van der Waals surface area contributed by atoms with Crippen LogP contribution in [-0.2, 0) is 9.59 Å². The van der Waals surface area contributed by atoms with Gasteiger partial charge in [-0.25, -0.2) is 0 Å². The summed E-state index contributed by atoms with van der Waals surface area (Å²) in [6.45, 7) is 2.68. The van der Waals surface area contributed by atoms with Crippen molar-refractivity contribution in [2.45, 2.75) is 31.2 Å². The largest absolute Gasteiger partial charge is 0.392 e. The number of amides is 1. The molecule has 0 unspecified atom stereocenters. The number of likely N-dealkylation sites (N-methyl/N-ethyl adjacent to an activating group) is 1. The second-order valence-corrected chi connectivity index (χ2v) is 8.69. The number of carbonyl (C=O) groups is 3. The third-order valence-electron chi connectivity index (χ3n) is 5.12.